The number of aromatic nitrogens is 1. The van der Waals surface area contributed by atoms with Gasteiger partial charge in [0, 0.05) is 24.1 Å². The predicted molar refractivity (Wildman–Crippen MR) is 72.7 cm³/mol. The molecule has 0 spiro atoms. The van der Waals surface area contributed by atoms with Gasteiger partial charge in [-0.1, -0.05) is 20.8 Å². The Morgan fingerprint density at radius 2 is 2.17 bits per heavy atom. The SMILES string of the molecule is Cc1cnccc1NC(CC(=O)O)CC(C)(C)C. The Labute approximate surface area is 108 Å². The van der Waals surface area contributed by atoms with Crippen LogP contribution in [0.5, 0.6) is 0 Å². The Morgan fingerprint density at radius 1 is 1.50 bits per heavy atom. The molecule has 0 aliphatic rings. The minimum Gasteiger partial charge on any atom is -0.481 e. The topological polar surface area (TPSA) is 62.2 Å². The maximum Gasteiger partial charge on any atom is 0.305 e. The van der Waals surface area contributed by atoms with Gasteiger partial charge in [-0.2, -0.15) is 0 Å². The third-order valence-electron chi connectivity index (χ3n) is 2.66. The van der Waals surface area contributed by atoms with Gasteiger partial charge in [-0.25, -0.2) is 0 Å². The molecule has 0 bridgehead atoms. The first-order chi connectivity index (χ1) is 8.28. The van der Waals surface area contributed by atoms with Crippen molar-refractivity contribution in [3.63, 3.8) is 0 Å². The van der Waals surface area contributed by atoms with Gasteiger partial charge < -0.3 is 10.4 Å². The summed E-state index contributed by atoms with van der Waals surface area (Å²) in [5, 5.41) is 12.3. The molecule has 0 saturated carbocycles. The molecule has 1 rings (SSSR count). The van der Waals surface area contributed by atoms with Crippen molar-refractivity contribution in [2.24, 2.45) is 5.41 Å². The minimum atomic E-state index is -0.775. The summed E-state index contributed by atoms with van der Waals surface area (Å²) in [6.07, 6.45) is 4.42. The lowest BCUT2D eigenvalue weighted by Gasteiger charge is -2.27. The molecule has 4 nitrogen and oxygen atoms in total. The number of anilines is 1. The molecule has 1 aromatic rings. The van der Waals surface area contributed by atoms with Gasteiger partial charge in [-0.15, -0.1) is 0 Å². The van der Waals surface area contributed by atoms with Gasteiger partial charge in [0.2, 0.25) is 0 Å². The van der Waals surface area contributed by atoms with Crippen molar-refractivity contribution >= 4 is 11.7 Å². The van der Waals surface area contributed by atoms with E-state index in [9.17, 15) is 4.79 Å². The van der Waals surface area contributed by atoms with Crippen molar-refractivity contribution in [1.29, 1.82) is 0 Å². The molecule has 2 N–H and O–H groups in total. The first-order valence-electron chi connectivity index (χ1n) is 6.17. The van der Waals surface area contributed by atoms with Crippen LogP contribution in [0.4, 0.5) is 5.69 Å². The molecule has 4 heteroatoms. The largest absolute Gasteiger partial charge is 0.481 e. The number of nitrogens with one attached hydrogen (secondary N) is 1. The van der Waals surface area contributed by atoms with Crippen molar-refractivity contribution in [2.75, 3.05) is 5.32 Å². The van der Waals surface area contributed by atoms with Gasteiger partial charge in [0.25, 0.3) is 0 Å². The lowest BCUT2D eigenvalue weighted by atomic mass is 9.87. The maximum atomic E-state index is 10.9. The zero-order valence-corrected chi connectivity index (χ0v) is 11.5. The van der Waals surface area contributed by atoms with Crippen molar-refractivity contribution in [3.05, 3.63) is 24.0 Å². The molecule has 0 saturated heterocycles. The van der Waals surface area contributed by atoms with E-state index in [-0.39, 0.29) is 17.9 Å². The molecule has 0 aliphatic carbocycles. The third-order valence-corrected chi connectivity index (χ3v) is 2.66. The second kappa shape index (κ2) is 5.85. The third kappa shape index (κ3) is 5.17. The number of hydrogen-bond acceptors (Lipinski definition) is 3. The van der Waals surface area contributed by atoms with Crippen LogP contribution in [0.3, 0.4) is 0 Å². The number of aryl methyl sites for hydroxylation is 1. The summed E-state index contributed by atoms with van der Waals surface area (Å²) >= 11 is 0. The Balaban J connectivity index is 2.78. The number of carbonyl (C=O) groups is 1. The zero-order chi connectivity index (χ0) is 13.8. The molecule has 18 heavy (non-hydrogen) atoms. The highest BCUT2D eigenvalue weighted by Gasteiger charge is 2.21. The summed E-state index contributed by atoms with van der Waals surface area (Å²) in [5.74, 6) is -0.775. The molecule has 0 fully saturated rings. The molecule has 0 aromatic carbocycles. The van der Waals surface area contributed by atoms with E-state index >= 15 is 0 Å². The van der Waals surface area contributed by atoms with Crippen LogP contribution in [-0.4, -0.2) is 22.1 Å². The molecular weight excluding hydrogens is 228 g/mol. The normalized spacial score (nSPS) is 13.1. The molecule has 100 valence electrons. The average molecular weight is 250 g/mol. The molecule has 0 radical (unpaired) electrons. The fourth-order valence-electron chi connectivity index (χ4n) is 1.98. The van der Waals surface area contributed by atoms with Gasteiger partial charge in [-0.05, 0) is 30.4 Å². The van der Waals surface area contributed by atoms with Crippen molar-refractivity contribution in [2.45, 2.75) is 46.6 Å². The molecule has 1 heterocycles. The number of carboxylic acids is 1. The van der Waals surface area contributed by atoms with E-state index in [1.807, 2.05) is 13.0 Å². The van der Waals surface area contributed by atoms with Crippen LogP contribution < -0.4 is 5.32 Å². The van der Waals surface area contributed by atoms with Gasteiger partial charge >= 0.3 is 5.97 Å². The van der Waals surface area contributed by atoms with Crippen molar-refractivity contribution in [3.8, 4) is 0 Å². The molecule has 0 amide bonds. The van der Waals surface area contributed by atoms with Gasteiger partial charge in [-0.3, -0.25) is 9.78 Å². The van der Waals surface area contributed by atoms with Gasteiger partial charge in [0.1, 0.15) is 0 Å². The van der Waals surface area contributed by atoms with Crippen molar-refractivity contribution < 1.29 is 9.90 Å². The van der Waals surface area contributed by atoms with E-state index in [1.165, 1.54) is 0 Å². The Bertz CT molecular complexity index is 411. The number of pyridine rings is 1. The van der Waals surface area contributed by atoms with E-state index in [4.69, 9.17) is 5.11 Å². The first-order valence-corrected chi connectivity index (χ1v) is 6.17. The molecule has 0 aliphatic heterocycles. The standard InChI is InChI=1S/C14H22N2O2/c1-10-9-15-6-5-12(10)16-11(7-13(17)18)8-14(2,3)4/h5-6,9,11H,7-8H2,1-4H3,(H,15,16)(H,17,18). The van der Waals surface area contributed by atoms with E-state index in [0.717, 1.165) is 17.7 Å². The number of hydrogen-bond donors (Lipinski definition) is 2. The number of carboxylic acid groups (broad SMARTS) is 1. The van der Waals surface area contributed by atoms with Crippen LogP contribution in [0.2, 0.25) is 0 Å². The quantitative estimate of drug-likeness (QED) is 0.843. The average Bonchev–Trinajstić information content (AvgIpc) is 2.17. The predicted octanol–water partition coefficient (Wildman–Crippen LogP) is 3.08. The van der Waals surface area contributed by atoms with Crippen LogP contribution in [-0.2, 0) is 4.79 Å². The number of rotatable bonds is 5. The van der Waals surface area contributed by atoms with Crippen LogP contribution in [0, 0.1) is 12.3 Å². The first kappa shape index (κ1) is 14.5. The Morgan fingerprint density at radius 3 is 2.67 bits per heavy atom. The summed E-state index contributed by atoms with van der Waals surface area (Å²) in [6.45, 7) is 8.30. The van der Waals surface area contributed by atoms with E-state index in [0.29, 0.717) is 0 Å². The number of aliphatic carboxylic acids is 1. The van der Waals surface area contributed by atoms with Crippen LogP contribution in [0.15, 0.2) is 18.5 Å². The Kier molecular flexibility index (Phi) is 4.70. The van der Waals surface area contributed by atoms with E-state index in [2.05, 4.69) is 31.1 Å². The highest BCUT2D eigenvalue weighted by atomic mass is 16.4. The summed E-state index contributed by atoms with van der Waals surface area (Å²) in [4.78, 5) is 14.9. The second-order valence-corrected chi connectivity index (χ2v) is 5.89. The fourth-order valence-corrected chi connectivity index (χ4v) is 1.98. The molecule has 1 unspecified atom stereocenters. The lowest BCUT2D eigenvalue weighted by molar-refractivity contribution is -0.137. The van der Waals surface area contributed by atoms with Crippen LogP contribution in [0.1, 0.15) is 39.2 Å². The maximum absolute atomic E-state index is 10.9. The summed E-state index contributed by atoms with van der Waals surface area (Å²) in [7, 11) is 0. The van der Waals surface area contributed by atoms with Crippen LogP contribution >= 0.6 is 0 Å². The molecule has 1 atom stereocenters. The highest BCUT2D eigenvalue weighted by molar-refractivity contribution is 5.68. The summed E-state index contributed by atoms with van der Waals surface area (Å²) < 4.78 is 0. The van der Waals surface area contributed by atoms with Crippen molar-refractivity contribution in [1.82, 2.24) is 4.98 Å². The highest BCUT2D eigenvalue weighted by Crippen LogP contribution is 2.25. The van der Waals surface area contributed by atoms with Gasteiger partial charge in [0.05, 0.1) is 6.42 Å². The summed E-state index contributed by atoms with van der Waals surface area (Å²) in [5.41, 5.74) is 2.08. The molecular formula is C14H22N2O2. The number of nitrogens with zero attached hydrogens (tertiary/aromatic N) is 1. The second-order valence-electron chi connectivity index (χ2n) is 5.89. The molecule has 1 aromatic heterocycles. The van der Waals surface area contributed by atoms with E-state index in [1.54, 1.807) is 12.4 Å². The smallest absolute Gasteiger partial charge is 0.305 e. The summed E-state index contributed by atoms with van der Waals surface area (Å²) in [6, 6.07) is 1.82. The zero-order valence-electron chi connectivity index (χ0n) is 11.5. The van der Waals surface area contributed by atoms with E-state index < -0.39 is 5.97 Å². The fraction of sp³-hybridized carbons (Fsp3) is 0.571. The minimum absolute atomic E-state index is 0.0661. The monoisotopic (exact) mass is 250 g/mol. The van der Waals surface area contributed by atoms with Gasteiger partial charge in [0.15, 0.2) is 0 Å². The Hall–Kier alpha value is -1.58. The van der Waals surface area contributed by atoms with Crippen LogP contribution in [0.25, 0.3) is 0 Å². The lowest BCUT2D eigenvalue weighted by Crippen LogP contribution is -2.28.